The zero-order valence-corrected chi connectivity index (χ0v) is 15.5. The van der Waals surface area contributed by atoms with Crippen LogP contribution in [0.4, 0.5) is 4.39 Å². The van der Waals surface area contributed by atoms with Gasteiger partial charge in [0.05, 0.1) is 19.0 Å². The number of carbonyl (C=O) groups is 1. The van der Waals surface area contributed by atoms with Crippen LogP contribution in [0, 0.1) is 5.82 Å². The predicted octanol–water partition coefficient (Wildman–Crippen LogP) is 2.05. The van der Waals surface area contributed by atoms with E-state index in [0.717, 1.165) is 0 Å². The number of amides is 1. The van der Waals surface area contributed by atoms with Crippen LogP contribution in [0.3, 0.4) is 0 Å². The van der Waals surface area contributed by atoms with Crippen molar-refractivity contribution in [3.63, 3.8) is 0 Å². The van der Waals surface area contributed by atoms with E-state index in [-0.39, 0.29) is 17.4 Å². The van der Waals surface area contributed by atoms with Crippen LogP contribution in [-0.2, 0) is 16.6 Å². The van der Waals surface area contributed by atoms with Crippen LogP contribution in [-0.4, -0.2) is 57.6 Å². The molecule has 3 rings (SSSR count). The average Bonchev–Trinajstić information content (AvgIpc) is 3.03. The molecule has 26 heavy (non-hydrogen) atoms. The molecule has 0 N–H and O–H groups in total. The van der Waals surface area contributed by atoms with Gasteiger partial charge >= 0.3 is 0 Å². The Balaban J connectivity index is 1.60. The Morgan fingerprint density at radius 1 is 1.35 bits per heavy atom. The minimum absolute atomic E-state index is 0.0542. The summed E-state index contributed by atoms with van der Waals surface area (Å²) in [4.78, 5) is 14.0. The second kappa shape index (κ2) is 8.50. The number of carbonyl (C=O) groups excluding carboxylic acids is 1. The van der Waals surface area contributed by atoms with Gasteiger partial charge in [-0.2, -0.15) is 0 Å². The highest BCUT2D eigenvalue weighted by Crippen LogP contribution is 2.25. The summed E-state index contributed by atoms with van der Waals surface area (Å²) in [5.41, 5.74) is 0. The van der Waals surface area contributed by atoms with Gasteiger partial charge in [0, 0.05) is 20.1 Å². The first-order valence-corrected chi connectivity index (χ1v) is 9.33. The summed E-state index contributed by atoms with van der Waals surface area (Å²) in [6.07, 6.45) is -0.478. The van der Waals surface area contributed by atoms with Crippen molar-refractivity contribution in [2.75, 3.05) is 32.1 Å². The summed E-state index contributed by atoms with van der Waals surface area (Å²) < 4.78 is 26.4. The Labute approximate surface area is 155 Å². The largest absolute Gasteiger partial charge is 0.480 e. The van der Waals surface area contributed by atoms with Crippen molar-refractivity contribution in [1.29, 1.82) is 0 Å². The third-order valence-electron chi connectivity index (χ3n) is 4.06. The number of rotatable bonds is 6. The van der Waals surface area contributed by atoms with Crippen molar-refractivity contribution >= 4 is 17.7 Å². The predicted molar refractivity (Wildman–Crippen MR) is 94.6 cm³/mol. The number of halogens is 1. The molecular weight excluding hydrogens is 359 g/mol. The number of benzene rings is 1. The zero-order valence-electron chi connectivity index (χ0n) is 14.7. The highest BCUT2D eigenvalue weighted by molar-refractivity contribution is 7.99. The molecule has 0 bridgehead atoms. The van der Waals surface area contributed by atoms with Gasteiger partial charge in [-0.1, -0.05) is 23.9 Å². The molecule has 1 unspecified atom stereocenters. The average molecular weight is 380 g/mol. The highest BCUT2D eigenvalue weighted by atomic mass is 32.2. The van der Waals surface area contributed by atoms with Gasteiger partial charge in [0.1, 0.15) is 0 Å². The molecule has 0 saturated carbocycles. The Kier molecular flexibility index (Phi) is 6.10. The quantitative estimate of drug-likeness (QED) is 0.715. The van der Waals surface area contributed by atoms with Gasteiger partial charge in [-0.05, 0) is 19.1 Å². The number of thioether (sulfide) groups is 1. The lowest BCUT2D eigenvalue weighted by atomic mass is 10.3. The molecule has 1 aliphatic heterocycles. The number of aromatic nitrogens is 3. The summed E-state index contributed by atoms with van der Waals surface area (Å²) in [6, 6.07) is 6.23. The highest BCUT2D eigenvalue weighted by Gasteiger charge is 2.21. The molecule has 1 aromatic carbocycles. The molecule has 0 aliphatic carbocycles. The maximum Gasteiger partial charge on any atom is 0.233 e. The first-order chi connectivity index (χ1) is 12.6. The number of nitrogens with zero attached hydrogens (tertiary/aromatic N) is 4. The smallest absolute Gasteiger partial charge is 0.233 e. The second-order valence-electron chi connectivity index (χ2n) is 5.87. The lowest BCUT2D eigenvalue weighted by Crippen LogP contribution is -2.41. The SMILES string of the molecule is CC(Oc1ccccc1F)c1nnc(SCC(=O)N2CCOCC2)n1C. The summed E-state index contributed by atoms with van der Waals surface area (Å²) >= 11 is 1.32. The number of hydrogen-bond acceptors (Lipinski definition) is 6. The van der Waals surface area contributed by atoms with Crippen molar-refractivity contribution in [2.45, 2.75) is 18.2 Å². The third-order valence-corrected chi connectivity index (χ3v) is 5.07. The van der Waals surface area contributed by atoms with Crippen molar-refractivity contribution in [3.05, 3.63) is 35.9 Å². The molecule has 2 heterocycles. The maximum atomic E-state index is 13.7. The molecule has 7 nitrogen and oxygen atoms in total. The monoisotopic (exact) mass is 380 g/mol. The molecule has 1 amide bonds. The van der Waals surface area contributed by atoms with Crippen LogP contribution in [0.25, 0.3) is 0 Å². The first kappa shape index (κ1) is 18.7. The molecule has 1 fully saturated rings. The fourth-order valence-electron chi connectivity index (χ4n) is 2.62. The molecular formula is C17H21FN4O3S. The van der Waals surface area contributed by atoms with Crippen LogP contribution in [0.2, 0.25) is 0 Å². The number of ether oxygens (including phenoxy) is 2. The number of hydrogen-bond donors (Lipinski definition) is 0. The Bertz CT molecular complexity index is 764. The second-order valence-corrected chi connectivity index (χ2v) is 6.81. The summed E-state index contributed by atoms with van der Waals surface area (Å²) in [7, 11) is 1.80. The lowest BCUT2D eigenvalue weighted by molar-refractivity contribution is -0.132. The Morgan fingerprint density at radius 2 is 2.08 bits per heavy atom. The van der Waals surface area contributed by atoms with E-state index < -0.39 is 11.9 Å². The van der Waals surface area contributed by atoms with Crippen molar-refractivity contribution in [3.8, 4) is 5.75 Å². The van der Waals surface area contributed by atoms with E-state index in [0.29, 0.717) is 37.3 Å². The van der Waals surface area contributed by atoms with Gasteiger partial charge in [0.15, 0.2) is 28.7 Å². The molecule has 2 aromatic rings. The Hall–Kier alpha value is -2.13. The van der Waals surface area contributed by atoms with Crippen molar-refractivity contribution < 1.29 is 18.7 Å². The van der Waals surface area contributed by atoms with Gasteiger partial charge < -0.3 is 18.9 Å². The van der Waals surface area contributed by atoms with Gasteiger partial charge in [0.25, 0.3) is 0 Å². The lowest BCUT2D eigenvalue weighted by Gasteiger charge is -2.26. The van der Waals surface area contributed by atoms with Crippen molar-refractivity contribution in [1.82, 2.24) is 19.7 Å². The van der Waals surface area contributed by atoms with E-state index >= 15 is 0 Å². The molecule has 1 atom stereocenters. The van der Waals surface area contributed by atoms with E-state index in [9.17, 15) is 9.18 Å². The normalized spacial score (nSPS) is 15.7. The zero-order chi connectivity index (χ0) is 18.5. The molecule has 1 saturated heterocycles. The van der Waals surface area contributed by atoms with Crippen molar-refractivity contribution in [2.24, 2.45) is 7.05 Å². The fraction of sp³-hybridized carbons (Fsp3) is 0.471. The van der Waals surface area contributed by atoms with E-state index in [1.807, 2.05) is 0 Å². The maximum absolute atomic E-state index is 13.7. The first-order valence-electron chi connectivity index (χ1n) is 8.35. The van der Waals surface area contributed by atoms with E-state index in [4.69, 9.17) is 9.47 Å². The van der Waals surface area contributed by atoms with Crippen LogP contribution in [0.5, 0.6) is 5.75 Å². The molecule has 1 aromatic heterocycles. The molecule has 9 heteroatoms. The van der Waals surface area contributed by atoms with Gasteiger partial charge in [0.2, 0.25) is 5.91 Å². The van der Waals surface area contributed by atoms with E-state index in [2.05, 4.69) is 10.2 Å². The molecule has 1 aliphatic rings. The van der Waals surface area contributed by atoms with E-state index in [1.54, 1.807) is 41.6 Å². The number of para-hydroxylation sites is 1. The van der Waals surface area contributed by atoms with Gasteiger partial charge in [-0.15, -0.1) is 10.2 Å². The molecule has 0 radical (unpaired) electrons. The fourth-order valence-corrected chi connectivity index (χ4v) is 3.44. The van der Waals surface area contributed by atoms with Crippen LogP contribution in [0.1, 0.15) is 18.9 Å². The van der Waals surface area contributed by atoms with Gasteiger partial charge in [-0.3, -0.25) is 4.79 Å². The third kappa shape index (κ3) is 4.34. The van der Waals surface area contributed by atoms with Gasteiger partial charge in [-0.25, -0.2) is 4.39 Å². The summed E-state index contributed by atoms with van der Waals surface area (Å²) in [5, 5.41) is 8.87. The molecule has 140 valence electrons. The van der Waals surface area contributed by atoms with Crippen LogP contribution >= 0.6 is 11.8 Å². The van der Waals surface area contributed by atoms with E-state index in [1.165, 1.54) is 17.8 Å². The minimum atomic E-state index is -0.478. The Morgan fingerprint density at radius 3 is 2.81 bits per heavy atom. The molecule has 0 spiro atoms. The van der Waals surface area contributed by atoms with Crippen LogP contribution in [0.15, 0.2) is 29.4 Å². The van der Waals surface area contributed by atoms with Crippen LogP contribution < -0.4 is 4.74 Å². The summed E-state index contributed by atoms with van der Waals surface area (Å²) in [5.74, 6) is 0.647. The summed E-state index contributed by atoms with van der Waals surface area (Å²) in [6.45, 7) is 4.18. The topological polar surface area (TPSA) is 69.5 Å². The number of morpholine rings is 1. The minimum Gasteiger partial charge on any atom is -0.480 e. The standard InChI is InChI=1S/C17H21FN4O3S/c1-12(25-14-6-4-3-5-13(14)18)16-19-20-17(21(16)2)26-11-15(23)22-7-9-24-10-8-22/h3-6,12H,7-11H2,1-2H3.